The molecule has 0 aliphatic heterocycles. The Balaban J connectivity index is 1.71. The van der Waals surface area contributed by atoms with Gasteiger partial charge in [-0.15, -0.1) is 0 Å². The lowest BCUT2D eigenvalue weighted by Crippen LogP contribution is -2.41. The first kappa shape index (κ1) is 15.6. The summed E-state index contributed by atoms with van der Waals surface area (Å²) >= 11 is 0. The van der Waals surface area contributed by atoms with Gasteiger partial charge in [0.05, 0.1) is 24.8 Å². The van der Waals surface area contributed by atoms with E-state index >= 15 is 0 Å². The van der Waals surface area contributed by atoms with Crippen LogP contribution in [0, 0.1) is 5.92 Å². The molecule has 6 nitrogen and oxygen atoms in total. The number of phenolic OH excluding ortho intramolecular Hbond substituents is 1. The number of aromatic nitrogens is 2. The Morgan fingerprint density at radius 3 is 2.78 bits per heavy atom. The second-order valence-corrected chi connectivity index (χ2v) is 6.18. The number of aromatic hydroxyl groups is 1. The molecule has 1 aromatic carbocycles. The molecule has 3 rings (SSSR count). The minimum atomic E-state index is -0.283. The molecule has 1 amide bonds. The molecule has 6 heteroatoms. The number of nitrogens with zero attached hydrogens (tertiary/aromatic N) is 2. The van der Waals surface area contributed by atoms with Crippen LogP contribution >= 0.6 is 0 Å². The van der Waals surface area contributed by atoms with Crippen molar-refractivity contribution >= 4 is 5.91 Å². The second-order valence-electron chi connectivity index (χ2n) is 6.18. The molecule has 2 aromatic rings. The monoisotopic (exact) mass is 315 g/mol. The van der Waals surface area contributed by atoms with Gasteiger partial charge in [-0.1, -0.05) is 18.2 Å². The van der Waals surface area contributed by atoms with Crippen LogP contribution in [0.3, 0.4) is 0 Å². The van der Waals surface area contributed by atoms with E-state index < -0.39 is 0 Å². The van der Waals surface area contributed by atoms with Crippen molar-refractivity contribution in [3.8, 4) is 5.75 Å². The van der Waals surface area contributed by atoms with Crippen molar-refractivity contribution < 1.29 is 15.0 Å². The van der Waals surface area contributed by atoms with Gasteiger partial charge in [0.15, 0.2) is 0 Å². The van der Waals surface area contributed by atoms with Crippen molar-refractivity contribution in [2.45, 2.75) is 31.4 Å². The molecule has 3 N–H and O–H groups in total. The zero-order valence-corrected chi connectivity index (χ0v) is 13.0. The van der Waals surface area contributed by atoms with Gasteiger partial charge in [-0.05, 0) is 24.8 Å². The van der Waals surface area contributed by atoms with Crippen LogP contribution in [-0.4, -0.2) is 32.0 Å². The van der Waals surface area contributed by atoms with E-state index in [9.17, 15) is 15.0 Å². The zero-order valence-electron chi connectivity index (χ0n) is 13.0. The number of phenols is 1. The third kappa shape index (κ3) is 3.53. The molecule has 122 valence electrons. The second kappa shape index (κ2) is 6.42. The maximum Gasteiger partial charge on any atom is 0.225 e. The molecule has 23 heavy (non-hydrogen) atoms. The standard InChI is InChI=1S/C17H21N3O3/c1-20-10-13(9-18-20)17(12-6-14(21)7-12)19-16(23)8-11-4-2-3-5-15(11)22/h2-5,9-10,12,14,17,21-22H,6-8H2,1H3,(H,19,23). The maximum atomic E-state index is 12.4. The number of benzene rings is 1. The largest absolute Gasteiger partial charge is 0.508 e. The molecule has 1 heterocycles. The average molecular weight is 315 g/mol. The predicted molar refractivity (Wildman–Crippen MR) is 84.6 cm³/mol. The average Bonchev–Trinajstić information content (AvgIpc) is 2.91. The minimum Gasteiger partial charge on any atom is -0.508 e. The van der Waals surface area contributed by atoms with Gasteiger partial charge in [-0.3, -0.25) is 9.48 Å². The van der Waals surface area contributed by atoms with E-state index in [4.69, 9.17) is 0 Å². The van der Waals surface area contributed by atoms with E-state index in [1.54, 1.807) is 35.1 Å². The number of hydrogen-bond donors (Lipinski definition) is 3. The van der Waals surface area contributed by atoms with Gasteiger partial charge in [0.25, 0.3) is 0 Å². The first-order valence-electron chi connectivity index (χ1n) is 7.76. The van der Waals surface area contributed by atoms with Crippen molar-refractivity contribution in [2.24, 2.45) is 13.0 Å². The molecule has 0 radical (unpaired) electrons. The number of aryl methyl sites for hydroxylation is 1. The molecule has 1 aliphatic rings. The van der Waals surface area contributed by atoms with Crippen molar-refractivity contribution in [3.05, 3.63) is 47.8 Å². The SMILES string of the molecule is Cn1cc(C(NC(=O)Cc2ccccc2O)C2CC(O)C2)cn1. The highest BCUT2D eigenvalue weighted by atomic mass is 16.3. The summed E-state index contributed by atoms with van der Waals surface area (Å²) in [5.74, 6) is 0.184. The van der Waals surface area contributed by atoms with Crippen LogP contribution in [0.25, 0.3) is 0 Å². The summed E-state index contributed by atoms with van der Waals surface area (Å²) in [5.41, 5.74) is 1.54. The Morgan fingerprint density at radius 2 is 2.17 bits per heavy atom. The van der Waals surface area contributed by atoms with Crippen LogP contribution in [-0.2, 0) is 18.3 Å². The smallest absolute Gasteiger partial charge is 0.225 e. The third-order valence-electron chi connectivity index (χ3n) is 4.36. The summed E-state index contributed by atoms with van der Waals surface area (Å²) in [7, 11) is 1.83. The lowest BCUT2D eigenvalue weighted by molar-refractivity contribution is -0.122. The summed E-state index contributed by atoms with van der Waals surface area (Å²) < 4.78 is 1.70. The Labute approximate surface area is 134 Å². The Kier molecular flexibility index (Phi) is 4.34. The lowest BCUT2D eigenvalue weighted by atomic mass is 9.75. The van der Waals surface area contributed by atoms with Gasteiger partial charge in [0.1, 0.15) is 5.75 Å². The lowest BCUT2D eigenvalue weighted by Gasteiger charge is -2.37. The van der Waals surface area contributed by atoms with Crippen LogP contribution in [0.15, 0.2) is 36.7 Å². The molecule has 1 fully saturated rings. The van der Waals surface area contributed by atoms with Crippen molar-refractivity contribution in [3.63, 3.8) is 0 Å². The number of amides is 1. The first-order chi connectivity index (χ1) is 11.0. The van der Waals surface area contributed by atoms with E-state index in [1.807, 2.05) is 13.2 Å². The molecule has 0 bridgehead atoms. The highest BCUT2D eigenvalue weighted by Crippen LogP contribution is 2.38. The summed E-state index contributed by atoms with van der Waals surface area (Å²) in [4.78, 5) is 12.4. The topological polar surface area (TPSA) is 87.4 Å². The van der Waals surface area contributed by atoms with Gasteiger partial charge in [-0.25, -0.2) is 0 Å². The molecule has 1 aliphatic carbocycles. The number of carbonyl (C=O) groups excluding carboxylic acids is 1. The van der Waals surface area contributed by atoms with Crippen LogP contribution < -0.4 is 5.32 Å². The van der Waals surface area contributed by atoms with Crippen LogP contribution in [0.5, 0.6) is 5.75 Å². The normalized spacial score (nSPS) is 21.5. The van der Waals surface area contributed by atoms with Crippen LogP contribution in [0.1, 0.15) is 30.0 Å². The molecular weight excluding hydrogens is 294 g/mol. The first-order valence-corrected chi connectivity index (χ1v) is 7.76. The van der Waals surface area contributed by atoms with E-state index in [0.717, 1.165) is 5.56 Å². The Bertz CT molecular complexity index is 692. The number of hydrogen-bond acceptors (Lipinski definition) is 4. The highest BCUT2D eigenvalue weighted by molar-refractivity contribution is 5.79. The summed E-state index contributed by atoms with van der Waals surface area (Å²) in [5, 5.41) is 26.5. The molecule has 0 saturated heterocycles. The zero-order chi connectivity index (χ0) is 16.4. The van der Waals surface area contributed by atoms with Crippen LogP contribution in [0.2, 0.25) is 0 Å². The molecule has 1 saturated carbocycles. The predicted octanol–water partition coefficient (Wildman–Crippen LogP) is 1.30. The number of nitrogens with one attached hydrogen (secondary N) is 1. The van der Waals surface area contributed by atoms with Gasteiger partial charge in [0.2, 0.25) is 5.91 Å². The molecule has 0 spiro atoms. The fourth-order valence-corrected chi connectivity index (χ4v) is 3.03. The van der Waals surface area contributed by atoms with E-state index in [2.05, 4.69) is 10.4 Å². The summed E-state index contributed by atoms with van der Waals surface area (Å²) in [6.45, 7) is 0. The van der Waals surface area contributed by atoms with Gasteiger partial charge in [0, 0.05) is 24.4 Å². The van der Waals surface area contributed by atoms with Gasteiger partial charge < -0.3 is 15.5 Å². The van der Waals surface area contributed by atoms with E-state index in [-0.39, 0.29) is 36.1 Å². The summed E-state index contributed by atoms with van der Waals surface area (Å²) in [6, 6.07) is 6.67. The van der Waals surface area contributed by atoms with Crippen molar-refractivity contribution in [1.82, 2.24) is 15.1 Å². The highest BCUT2D eigenvalue weighted by Gasteiger charge is 2.36. The minimum absolute atomic E-state index is 0.124. The fourth-order valence-electron chi connectivity index (χ4n) is 3.03. The van der Waals surface area contributed by atoms with Crippen molar-refractivity contribution in [2.75, 3.05) is 0 Å². The van der Waals surface area contributed by atoms with Crippen LogP contribution in [0.4, 0.5) is 0 Å². The third-order valence-corrected chi connectivity index (χ3v) is 4.36. The number of carbonyl (C=O) groups is 1. The molecule has 1 atom stereocenters. The number of rotatable bonds is 5. The molecular formula is C17H21N3O3. The quantitative estimate of drug-likeness (QED) is 0.776. The van der Waals surface area contributed by atoms with E-state index in [0.29, 0.717) is 18.4 Å². The number of aliphatic hydroxyl groups excluding tert-OH is 1. The number of aliphatic hydroxyl groups is 1. The number of para-hydroxylation sites is 1. The maximum absolute atomic E-state index is 12.4. The molecule has 1 aromatic heterocycles. The Morgan fingerprint density at radius 1 is 1.43 bits per heavy atom. The van der Waals surface area contributed by atoms with Gasteiger partial charge in [-0.2, -0.15) is 5.10 Å². The van der Waals surface area contributed by atoms with Gasteiger partial charge >= 0.3 is 0 Å². The fraction of sp³-hybridized carbons (Fsp3) is 0.412. The van der Waals surface area contributed by atoms with E-state index in [1.165, 1.54) is 0 Å². The van der Waals surface area contributed by atoms with Crippen molar-refractivity contribution in [1.29, 1.82) is 0 Å². The summed E-state index contributed by atoms with van der Waals surface area (Å²) in [6.07, 6.45) is 4.82. The Hall–Kier alpha value is -2.34. The molecule has 1 unspecified atom stereocenters.